The number of benzene rings is 1. The minimum atomic E-state index is -0.645. The fourth-order valence-corrected chi connectivity index (χ4v) is 3.41. The van der Waals surface area contributed by atoms with Crippen molar-refractivity contribution in [2.45, 2.75) is 20.0 Å². The fourth-order valence-electron chi connectivity index (χ4n) is 3.41. The number of anilines is 2. The lowest BCUT2D eigenvalue weighted by molar-refractivity contribution is -0.117. The van der Waals surface area contributed by atoms with Crippen molar-refractivity contribution in [3.8, 4) is 0 Å². The smallest absolute Gasteiger partial charge is 0.326 e. The van der Waals surface area contributed by atoms with Gasteiger partial charge in [0.2, 0.25) is 11.8 Å². The third kappa shape index (κ3) is 4.85. The maximum atomic E-state index is 13.2. The number of hydrogen-bond donors (Lipinski definition) is 2. The highest BCUT2D eigenvalue weighted by atomic mass is 16.2. The van der Waals surface area contributed by atoms with Crippen LogP contribution in [-0.2, 0) is 22.7 Å². The number of nitrogens with zero attached hydrogens (tertiary/aromatic N) is 4. The van der Waals surface area contributed by atoms with Gasteiger partial charge in [-0.25, -0.2) is 9.78 Å². The summed E-state index contributed by atoms with van der Waals surface area (Å²) in [4.78, 5) is 58.5. The van der Waals surface area contributed by atoms with Gasteiger partial charge in [0.25, 0.3) is 5.56 Å². The summed E-state index contributed by atoms with van der Waals surface area (Å²) in [7, 11) is 0. The molecule has 3 heterocycles. The molecule has 0 aliphatic heterocycles. The Morgan fingerprint density at radius 2 is 1.64 bits per heavy atom. The van der Waals surface area contributed by atoms with Crippen LogP contribution < -0.4 is 21.9 Å². The molecular formula is C23H20N6O4. The lowest BCUT2D eigenvalue weighted by atomic mass is 10.2. The van der Waals surface area contributed by atoms with E-state index in [1.807, 2.05) is 0 Å². The molecule has 10 nitrogen and oxygen atoms in total. The van der Waals surface area contributed by atoms with Gasteiger partial charge in [-0.2, -0.15) is 0 Å². The van der Waals surface area contributed by atoms with E-state index in [2.05, 4.69) is 20.6 Å². The lowest BCUT2D eigenvalue weighted by Crippen LogP contribution is -2.42. The molecule has 0 fully saturated rings. The minimum absolute atomic E-state index is 0.0502. The van der Waals surface area contributed by atoms with E-state index in [9.17, 15) is 19.2 Å². The number of carbonyl (C=O) groups excluding carboxylic acids is 2. The molecule has 0 saturated heterocycles. The van der Waals surface area contributed by atoms with Crippen molar-refractivity contribution in [2.75, 3.05) is 10.6 Å². The zero-order chi connectivity index (χ0) is 23.4. The van der Waals surface area contributed by atoms with Gasteiger partial charge in [-0.15, -0.1) is 0 Å². The monoisotopic (exact) mass is 444 g/mol. The van der Waals surface area contributed by atoms with Crippen LogP contribution in [0.25, 0.3) is 11.0 Å². The second kappa shape index (κ2) is 9.27. The van der Waals surface area contributed by atoms with Gasteiger partial charge in [0.15, 0.2) is 5.52 Å². The maximum absolute atomic E-state index is 13.2. The first-order valence-corrected chi connectivity index (χ1v) is 10.1. The Bertz CT molecular complexity index is 1460. The molecule has 4 rings (SSSR count). The molecule has 33 heavy (non-hydrogen) atoms. The summed E-state index contributed by atoms with van der Waals surface area (Å²) >= 11 is 0. The highest BCUT2D eigenvalue weighted by Gasteiger charge is 2.17. The van der Waals surface area contributed by atoms with Crippen LogP contribution in [0.4, 0.5) is 11.4 Å². The molecular weight excluding hydrogens is 424 g/mol. The zero-order valence-corrected chi connectivity index (χ0v) is 17.7. The summed E-state index contributed by atoms with van der Waals surface area (Å²) in [5.41, 5.74) is 0.631. The highest BCUT2D eigenvalue weighted by Crippen LogP contribution is 2.15. The summed E-state index contributed by atoms with van der Waals surface area (Å²) in [6.45, 7) is 0.996. The molecule has 3 aromatic heterocycles. The van der Waals surface area contributed by atoms with Crippen LogP contribution in [0.1, 0.15) is 12.6 Å². The maximum Gasteiger partial charge on any atom is 0.332 e. The standard InChI is InChI=1S/C23H20N6O4/c1-15(30)26-16-7-4-8-17(12-16)27-20(31)14-28-19-9-5-11-25-21(19)22(32)29(23(28)33)13-18-6-2-3-10-24-18/h2-12H,13-14H2,1H3,(H,26,30)(H,27,31). The Kier molecular flexibility index (Phi) is 6.07. The highest BCUT2D eigenvalue weighted by molar-refractivity contribution is 5.93. The molecule has 4 aromatic rings. The molecule has 2 N–H and O–H groups in total. The molecule has 0 spiro atoms. The summed E-state index contributed by atoms with van der Waals surface area (Å²) in [6.07, 6.45) is 3.03. The zero-order valence-electron chi connectivity index (χ0n) is 17.7. The van der Waals surface area contributed by atoms with Gasteiger partial charge in [0.05, 0.1) is 17.8 Å². The van der Waals surface area contributed by atoms with Crippen molar-refractivity contribution in [1.29, 1.82) is 0 Å². The Balaban J connectivity index is 1.68. The first-order valence-electron chi connectivity index (χ1n) is 10.1. The Morgan fingerprint density at radius 3 is 2.36 bits per heavy atom. The third-order valence-electron chi connectivity index (χ3n) is 4.80. The Labute approximate surface area is 187 Å². The summed E-state index contributed by atoms with van der Waals surface area (Å²) in [5, 5.41) is 5.35. The first-order chi connectivity index (χ1) is 15.9. The average Bonchev–Trinajstić information content (AvgIpc) is 2.80. The van der Waals surface area contributed by atoms with Crippen LogP contribution in [0.15, 0.2) is 76.6 Å². The van der Waals surface area contributed by atoms with E-state index in [0.717, 1.165) is 4.57 Å². The molecule has 0 unspecified atom stereocenters. The average molecular weight is 444 g/mol. The molecule has 166 valence electrons. The molecule has 0 radical (unpaired) electrons. The van der Waals surface area contributed by atoms with Crippen LogP contribution in [0, 0.1) is 0 Å². The SMILES string of the molecule is CC(=O)Nc1cccc(NC(=O)Cn2c(=O)n(Cc3ccccn3)c(=O)c3ncccc32)c1. The third-order valence-corrected chi connectivity index (χ3v) is 4.80. The molecule has 0 bridgehead atoms. The van der Waals surface area contributed by atoms with E-state index in [1.54, 1.807) is 60.8 Å². The van der Waals surface area contributed by atoms with E-state index in [0.29, 0.717) is 17.1 Å². The fraction of sp³-hybridized carbons (Fsp3) is 0.130. The Hall–Kier alpha value is -4.60. The number of amides is 2. The first kappa shape index (κ1) is 21.6. The molecule has 0 atom stereocenters. The van der Waals surface area contributed by atoms with Crippen LogP contribution in [0.2, 0.25) is 0 Å². The van der Waals surface area contributed by atoms with Gasteiger partial charge in [0.1, 0.15) is 6.54 Å². The number of nitrogens with one attached hydrogen (secondary N) is 2. The van der Waals surface area contributed by atoms with Crippen LogP contribution in [0.3, 0.4) is 0 Å². The van der Waals surface area contributed by atoms with Crippen molar-refractivity contribution >= 4 is 34.2 Å². The minimum Gasteiger partial charge on any atom is -0.326 e. The predicted octanol–water partition coefficient (Wildman–Crippen LogP) is 1.60. The molecule has 2 amide bonds. The quantitative estimate of drug-likeness (QED) is 0.465. The van der Waals surface area contributed by atoms with E-state index < -0.39 is 17.2 Å². The topological polar surface area (TPSA) is 128 Å². The van der Waals surface area contributed by atoms with Crippen LogP contribution >= 0.6 is 0 Å². The summed E-state index contributed by atoms with van der Waals surface area (Å²) in [5.74, 6) is -0.718. The van der Waals surface area contributed by atoms with Crippen molar-refractivity contribution in [3.05, 3.63) is 93.5 Å². The number of pyridine rings is 2. The number of rotatable bonds is 6. The molecule has 1 aromatic carbocycles. The molecule has 0 saturated carbocycles. The molecule has 0 aliphatic carbocycles. The van der Waals surface area contributed by atoms with Crippen molar-refractivity contribution in [3.63, 3.8) is 0 Å². The van der Waals surface area contributed by atoms with Crippen molar-refractivity contribution < 1.29 is 9.59 Å². The van der Waals surface area contributed by atoms with Gasteiger partial charge in [-0.05, 0) is 42.5 Å². The predicted molar refractivity (Wildman–Crippen MR) is 123 cm³/mol. The summed E-state index contributed by atoms with van der Waals surface area (Å²) in [6, 6.07) is 15.0. The van der Waals surface area contributed by atoms with Crippen molar-refractivity contribution in [1.82, 2.24) is 19.1 Å². The number of hydrogen-bond acceptors (Lipinski definition) is 6. The van der Waals surface area contributed by atoms with E-state index in [-0.39, 0.29) is 30.0 Å². The normalized spacial score (nSPS) is 10.7. The second-order valence-corrected chi connectivity index (χ2v) is 7.26. The van der Waals surface area contributed by atoms with Gasteiger partial charge in [-0.1, -0.05) is 12.1 Å². The van der Waals surface area contributed by atoms with Crippen LogP contribution in [-0.4, -0.2) is 30.9 Å². The van der Waals surface area contributed by atoms with E-state index >= 15 is 0 Å². The molecule has 10 heteroatoms. The second-order valence-electron chi connectivity index (χ2n) is 7.26. The van der Waals surface area contributed by atoms with E-state index in [1.165, 1.54) is 17.7 Å². The van der Waals surface area contributed by atoms with Gasteiger partial charge in [-0.3, -0.25) is 28.5 Å². The van der Waals surface area contributed by atoms with Gasteiger partial charge >= 0.3 is 5.69 Å². The lowest BCUT2D eigenvalue weighted by Gasteiger charge is -2.14. The number of carbonyl (C=O) groups is 2. The number of aromatic nitrogens is 4. The largest absolute Gasteiger partial charge is 0.332 e. The van der Waals surface area contributed by atoms with E-state index in [4.69, 9.17) is 0 Å². The van der Waals surface area contributed by atoms with Gasteiger partial charge in [0, 0.05) is 30.7 Å². The molecule has 0 aliphatic rings. The number of fused-ring (bicyclic) bond motifs is 1. The summed E-state index contributed by atoms with van der Waals surface area (Å²) < 4.78 is 2.22. The van der Waals surface area contributed by atoms with Gasteiger partial charge < -0.3 is 10.6 Å². The Morgan fingerprint density at radius 1 is 0.879 bits per heavy atom. The van der Waals surface area contributed by atoms with Crippen LogP contribution in [0.5, 0.6) is 0 Å². The van der Waals surface area contributed by atoms with Crippen molar-refractivity contribution in [2.24, 2.45) is 0 Å².